The van der Waals surface area contributed by atoms with Gasteiger partial charge in [-0.15, -0.1) is 0 Å². The van der Waals surface area contributed by atoms with Gasteiger partial charge in [0, 0.05) is 25.1 Å². The lowest BCUT2D eigenvalue weighted by atomic mass is 10.2. The number of amides is 1. The highest BCUT2D eigenvalue weighted by molar-refractivity contribution is 5.94. The fourth-order valence-corrected chi connectivity index (χ4v) is 2.31. The fraction of sp³-hybridized carbons (Fsp3) is 0.188. The van der Waals surface area contributed by atoms with E-state index in [1.165, 1.54) is 0 Å². The first-order valence-corrected chi connectivity index (χ1v) is 6.77. The highest BCUT2D eigenvalue weighted by Crippen LogP contribution is 2.13. The monoisotopic (exact) mass is 280 g/mol. The minimum absolute atomic E-state index is 0.123. The lowest BCUT2D eigenvalue weighted by Crippen LogP contribution is -2.25. The quantitative estimate of drug-likeness (QED) is 0.800. The molecule has 0 unspecified atom stereocenters. The molecule has 3 rings (SSSR count). The van der Waals surface area contributed by atoms with Gasteiger partial charge < -0.3 is 5.32 Å². The van der Waals surface area contributed by atoms with Gasteiger partial charge in [-0.2, -0.15) is 0 Å². The lowest BCUT2D eigenvalue weighted by molar-refractivity contribution is 0.0944. The van der Waals surface area contributed by atoms with E-state index in [1.54, 1.807) is 12.4 Å². The molecule has 0 saturated heterocycles. The van der Waals surface area contributed by atoms with Crippen molar-refractivity contribution in [2.24, 2.45) is 0 Å². The second-order valence-electron chi connectivity index (χ2n) is 5.02. The lowest BCUT2D eigenvalue weighted by Gasteiger charge is -2.06. The van der Waals surface area contributed by atoms with Crippen LogP contribution in [0.4, 0.5) is 0 Å². The van der Waals surface area contributed by atoms with Gasteiger partial charge in [-0.05, 0) is 43.2 Å². The zero-order chi connectivity index (χ0) is 14.8. The molecule has 5 heteroatoms. The molecule has 106 valence electrons. The topological polar surface area (TPSA) is 59.3 Å². The summed E-state index contributed by atoms with van der Waals surface area (Å²) in [4.78, 5) is 20.8. The zero-order valence-electron chi connectivity index (χ0n) is 12.0. The highest BCUT2D eigenvalue weighted by Gasteiger charge is 2.16. The van der Waals surface area contributed by atoms with Crippen LogP contribution >= 0.6 is 0 Å². The average Bonchev–Trinajstić information content (AvgIpc) is 2.81. The van der Waals surface area contributed by atoms with Crippen LogP contribution in [0.2, 0.25) is 0 Å². The molecule has 3 heterocycles. The van der Waals surface area contributed by atoms with Crippen LogP contribution in [-0.2, 0) is 6.54 Å². The van der Waals surface area contributed by atoms with Crippen molar-refractivity contribution < 1.29 is 4.79 Å². The van der Waals surface area contributed by atoms with Gasteiger partial charge >= 0.3 is 0 Å². The standard InChI is InChI=1S/C16H16N4O/c1-11-3-4-14-19-12(2)15(20(14)10-11)16(21)18-9-13-5-7-17-8-6-13/h3-8,10H,9H2,1-2H3,(H,18,21). The van der Waals surface area contributed by atoms with Crippen molar-refractivity contribution in [2.75, 3.05) is 0 Å². The van der Waals surface area contributed by atoms with Gasteiger partial charge in [-0.1, -0.05) is 6.07 Å². The van der Waals surface area contributed by atoms with Gasteiger partial charge in [-0.3, -0.25) is 14.2 Å². The second kappa shape index (κ2) is 5.36. The molecule has 0 radical (unpaired) electrons. The van der Waals surface area contributed by atoms with Gasteiger partial charge in [0.05, 0.1) is 5.69 Å². The number of aryl methyl sites for hydroxylation is 2. The Kier molecular flexibility index (Phi) is 3.39. The predicted octanol–water partition coefficient (Wildman–Crippen LogP) is 2.28. The molecular weight excluding hydrogens is 264 g/mol. The van der Waals surface area contributed by atoms with Crippen LogP contribution in [0.5, 0.6) is 0 Å². The predicted molar refractivity (Wildman–Crippen MR) is 80.1 cm³/mol. The summed E-state index contributed by atoms with van der Waals surface area (Å²) in [5.41, 5.74) is 4.20. The summed E-state index contributed by atoms with van der Waals surface area (Å²) in [7, 11) is 0. The first-order valence-electron chi connectivity index (χ1n) is 6.77. The van der Waals surface area contributed by atoms with Crippen LogP contribution in [0.1, 0.15) is 27.3 Å². The first kappa shape index (κ1) is 13.3. The summed E-state index contributed by atoms with van der Waals surface area (Å²) in [6.45, 7) is 4.32. The van der Waals surface area contributed by atoms with E-state index >= 15 is 0 Å². The van der Waals surface area contributed by atoms with E-state index < -0.39 is 0 Å². The Balaban J connectivity index is 1.87. The van der Waals surface area contributed by atoms with Gasteiger partial charge in [0.15, 0.2) is 0 Å². The van der Waals surface area contributed by atoms with E-state index in [1.807, 2.05) is 48.7 Å². The molecule has 5 nitrogen and oxygen atoms in total. The normalized spacial score (nSPS) is 10.8. The number of imidazole rings is 1. The van der Waals surface area contributed by atoms with Crippen molar-refractivity contribution in [1.29, 1.82) is 0 Å². The van der Waals surface area contributed by atoms with Crippen LogP contribution in [0, 0.1) is 13.8 Å². The summed E-state index contributed by atoms with van der Waals surface area (Å²) >= 11 is 0. The third kappa shape index (κ3) is 2.63. The minimum Gasteiger partial charge on any atom is -0.347 e. The van der Waals surface area contributed by atoms with Crippen LogP contribution in [0.3, 0.4) is 0 Å². The summed E-state index contributed by atoms with van der Waals surface area (Å²) in [6.07, 6.45) is 5.35. The fourth-order valence-electron chi connectivity index (χ4n) is 2.31. The van der Waals surface area contributed by atoms with Gasteiger partial charge in [0.25, 0.3) is 5.91 Å². The SMILES string of the molecule is Cc1ccc2nc(C)c(C(=O)NCc3ccncc3)n2c1. The number of carbonyl (C=O) groups is 1. The van der Waals surface area contributed by atoms with E-state index in [4.69, 9.17) is 0 Å². The maximum atomic E-state index is 12.4. The van der Waals surface area contributed by atoms with Crippen molar-refractivity contribution in [3.8, 4) is 0 Å². The summed E-state index contributed by atoms with van der Waals surface area (Å²) in [5.74, 6) is -0.123. The molecule has 3 aromatic rings. The van der Waals surface area contributed by atoms with Crippen molar-refractivity contribution in [3.63, 3.8) is 0 Å². The molecular formula is C16H16N4O. The van der Waals surface area contributed by atoms with Crippen molar-refractivity contribution >= 4 is 11.6 Å². The van der Waals surface area contributed by atoms with Gasteiger partial charge in [-0.25, -0.2) is 4.98 Å². The molecule has 3 aromatic heterocycles. The number of carbonyl (C=O) groups excluding carboxylic acids is 1. The van der Waals surface area contributed by atoms with E-state index in [-0.39, 0.29) is 5.91 Å². The molecule has 0 atom stereocenters. The highest BCUT2D eigenvalue weighted by atomic mass is 16.1. The Labute approximate surface area is 122 Å². The molecule has 0 saturated carbocycles. The largest absolute Gasteiger partial charge is 0.347 e. The van der Waals surface area contributed by atoms with Crippen LogP contribution < -0.4 is 5.32 Å². The van der Waals surface area contributed by atoms with Crippen LogP contribution in [0.15, 0.2) is 42.9 Å². The van der Waals surface area contributed by atoms with E-state index in [0.29, 0.717) is 12.2 Å². The van der Waals surface area contributed by atoms with Gasteiger partial charge in [0.2, 0.25) is 0 Å². The van der Waals surface area contributed by atoms with Crippen molar-refractivity contribution in [1.82, 2.24) is 19.7 Å². The number of hydrogen-bond acceptors (Lipinski definition) is 3. The Hall–Kier alpha value is -2.69. The van der Waals surface area contributed by atoms with E-state index in [0.717, 1.165) is 22.5 Å². The molecule has 0 aromatic carbocycles. The number of pyridine rings is 2. The Morgan fingerprint density at radius 1 is 1.19 bits per heavy atom. The van der Waals surface area contributed by atoms with Gasteiger partial charge in [0.1, 0.15) is 11.3 Å². The van der Waals surface area contributed by atoms with E-state index in [9.17, 15) is 4.79 Å². The third-order valence-electron chi connectivity index (χ3n) is 3.36. The average molecular weight is 280 g/mol. The molecule has 0 fully saturated rings. The summed E-state index contributed by atoms with van der Waals surface area (Å²) in [6, 6.07) is 7.67. The molecule has 0 spiro atoms. The summed E-state index contributed by atoms with van der Waals surface area (Å²) < 4.78 is 1.84. The number of hydrogen-bond donors (Lipinski definition) is 1. The number of fused-ring (bicyclic) bond motifs is 1. The zero-order valence-corrected chi connectivity index (χ0v) is 12.0. The molecule has 0 aliphatic rings. The molecule has 0 aliphatic heterocycles. The Bertz CT molecular complexity index is 793. The van der Waals surface area contributed by atoms with Crippen LogP contribution in [0.25, 0.3) is 5.65 Å². The minimum atomic E-state index is -0.123. The van der Waals surface area contributed by atoms with Crippen LogP contribution in [-0.4, -0.2) is 20.3 Å². The molecule has 1 N–H and O–H groups in total. The molecule has 21 heavy (non-hydrogen) atoms. The number of nitrogens with zero attached hydrogens (tertiary/aromatic N) is 3. The Morgan fingerprint density at radius 3 is 2.71 bits per heavy atom. The maximum Gasteiger partial charge on any atom is 0.270 e. The molecule has 0 bridgehead atoms. The second-order valence-corrected chi connectivity index (χ2v) is 5.02. The Morgan fingerprint density at radius 2 is 1.95 bits per heavy atom. The summed E-state index contributed by atoms with van der Waals surface area (Å²) in [5, 5.41) is 2.93. The van der Waals surface area contributed by atoms with E-state index in [2.05, 4.69) is 15.3 Å². The smallest absolute Gasteiger partial charge is 0.270 e. The van der Waals surface area contributed by atoms with Crippen molar-refractivity contribution in [3.05, 3.63) is 65.4 Å². The van der Waals surface area contributed by atoms with Crippen molar-refractivity contribution in [2.45, 2.75) is 20.4 Å². The maximum absolute atomic E-state index is 12.4. The third-order valence-corrected chi connectivity index (χ3v) is 3.36. The first-order chi connectivity index (χ1) is 10.1. The number of rotatable bonds is 3. The number of nitrogens with one attached hydrogen (secondary N) is 1. The molecule has 1 amide bonds. The molecule has 0 aliphatic carbocycles. The number of aromatic nitrogens is 3.